The number of hydrogen-bond donors (Lipinski definition) is 1. The van der Waals surface area contributed by atoms with Gasteiger partial charge in [-0.25, -0.2) is 0 Å². The molecule has 1 aromatic rings. The van der Waals surface area contributed by atoms with Gasteiger partial charge in [-0.15, -0.1) is 0 Å². The minimum Gasteiger partial charge on any atom is -0.316 e. The van der Waals surface area contributed by atoms with Crippen molar-refractivity contribution in [3.05, 3.63) is 35.4 Å². The van der Waals surface area contributed by atoms with Crippen LogP contribution in [0.5, 0.6) is 0 Å². The molecule has 3 rings (SSSR count). The maximum Gasteiger partial charge on any atom is 0.0133 e. The van der Waals surface area contributed by atoms with Gasteiger partial charge >= 0.3 is 0 Å². The van der Waals surface area contributed by atoms with Crippen LogP contribution in [0.1, 0.15) is 74.3 Å². The van der Waals surface area contributed by atoms with Crippen molar-refractivity contribution in [3.8, 4) is 0 Å². The molecule has 0 spiro atoms. The largest absolute Gasteiger partial charge is 0.316 e. The topological polar surface area (TPSA) is 12.0 Å². The van der Waals surface area contributed by atoms with Crippen LogP contribution in [0.2, 0.25) is 0 Å². The SMILES string of the molecule is CNC1CCCCCC1c1ccc(C2CCC2)cc1. The third kappa shape index (κ3) is 2.86. The van der Waals surface area contributed by atoms with Crippen LogP contribution in [0.25, 0.3) is 0 Å². The molecule has 2 atom stereocenters. The highest BCUT2D eigenvalue weighted by molar-refractivity contribution is 5.29. The summed E-state index contributed by atoms with van der Waals surface area (Å²) in [6.07, 6.45) is 11.1. The van der Waals surface area contributed by atoms with Crippen molar-refractivity contribution in [2.24, 2.45) is 0 Å². The predicted octanol–water partition coefficient (Wildman–Crippen LogP) is 4.59. The van der Waals surface area contributed by atoms with Crippen LogP contribution in [0, 0.1) is 0 Å². The van der Waals surface area contributed by atoms with E-state index in [1.165, 1.54) is 51.4 Å². The van der Waals surface area contributed by atoms with E-state index in [0.29, 0.717) is 6.04 Å². The van der Waals surface area contributed by atoms with Gasteiger partial charge in [-0.2, -0.15) is 0 Å². The van der Waals surface area contributed by atoms with E-state index in [4.69, 9.17) is 0 Å². The highest BCUT2D eigenvalue weighted by Crippen LogP contribution is 2.38. The van der Waals surface area contributed by atoms with E-state index < -0.39 is 0 Å². The number of hydrogen-bond acceptors (Lipinski definition) is 1. The standard InChI is InChI=1S/C18H27N/c1-19-18-9-4-2-3-8-17(18)16-12-10-15(11-13-16)14-6-5-7-14/h10-14,17-19H,2-9H2,1H3. The van der Waals surface area contributed by atoms with Crippen molar-refractivity contribution in [1.82, 2.24) is 5.32 Å². The second-order valence-corrected chi connectivity index (χ2v) is 6.43. The molecule has 0 aliphatic heterocycles. The Hall–Kier alpha value is -0.820. The Morgan fingerprint density at radius 2 is 1.47 bits per heavy atom. The van der Waals surface area contributed by atoms with Gasteiger partial charge < -0.3 is 5.32 Å². The van der Waals surface area contributed by atoms with Gasteiger partial charge in [-0.1, -0.05) is 49.9 Å². The molecule has 2 fully saturated rings. The normalized spacial score (nSPS) is 28.7. The number of rotatable bonds is 3. The van der Waals surface area contributed by atoms with Crippen molar-refractivity contribution in [3.63, 3.8) is 0 Å². The fraction of sp³-hybridized carbons (Fsp3) is 0.667. The first kappa shape index (κ1) is 13.2. The minimum atomic E-state index is 0.678. The lowest BCUT2D eigenvalue weighted by Crippen LogP contribution is -2.31. The molecule has 0 amide bonds. The molecule has 19 heavy (non-hydrogen) atoms. The molecule has 2 aliphatic rings. The van der Waals surface area contributed by atoms with E-state index in [9.17, 15) is 0 Å². The van der Waals surface area contributed by atoms with Crippen LogP contribution in [0.15, 0.2) is 24.3 Å². The highest BCUT2D eigenvalue weighted by Gasteiger charge is 2.24. The van der Waals surface area contributed by atoms with Crippen LogP contribution < -0.4 is 5.32 Å². The number of nitrogens with one attached hydrogen (secondary N) is 1. The third-order valence-corrected chi connectivity index (χ3v) is 5.33. The van der Waals surface area contributed by atoms with E-state index in [0.717, 1.165) is 11.8 Å². The Labute approximate surface area is 117 Å². The zero-order valence-electron chi connectivity index (χ0n) is 12.2. The first-order chi connectivity index (χ1) is 9.38. The highest BCUT2D eigenvalue weighted by atomic mass is 14.9. The second kappa shape index (κ2) is 6.09. The minimum absolute atomic E-state index is 0.678. The van der Waals surface area contributed by atoms with E-state index in [1.807, 2.05) is 0 Å². The molecule has 2 saturated carbocycles. The maximum atomic E-state index is 3.55. The van der Waals surface area contributed by atoms with Gasteiger partial charge in [-0.05, 0) is 55.7 Å². The van der Waals surface area contributed by atoms with Crippen LogP contribution in [0.4, 0.5) is 0 Å². The van der Waals surface area contributed by atoms with Crippen LogP contribution in [-0.2, 0) is 0 Å². The van der Waals surface area contributed by atoms with Gasteiger partial charge in [0.2, 0.25) is 0 Å². The zero-order valence-corrected chi connectivity index (χ0v) is 12.2. The molecule has 1 heteroatoms. The Balaban J connectivity index is 1.75. The molecule has 2 aliphatic carbocycles. The molecule has 0 saturated heterocycles. The van der Waals surface area contributed by atoms with Gasteiger partial charge in [0.05, 0.1) is 0 Å². The lowest BCUT2D eigenvalue weighted by atomic mass is 9.79. The molecular formula is C18H27N. The van der Waals surface area contributed by atoms with Gasteiger partial charge in [0.25, 0.3) is 0 Å². The van der Waals surface area contributed by atoms with Gasteiger partial charge in [-0.3, -0.25) is 0 Å². The fourth-order valence-corrected chi connectivity index (χ4v) is 3.81. The first-order valence-corrected chi connectivity index (χ1v) is 8.15. The molecule has 104 valence electrons. The monoisotopic (exact) mass is 257 g/mol. The summed E-state index contributed by atoms with van der Waals surface area (Å²) in [4.78, 5) is 0. The lowest BCUT2D eigenvalue weighted by Gasteiger charge is -2.28. The van der Waals surface area contributed by atoms with Crippen LogP contribution >= 0.6 is 0 Å². The predicted molar refractivity (Wildman–Crippen MR) is 81.7 cm³/mol. The third-order valence-electron chi connectivity index (χ3n) is 5.33. The van der Waals surface area contributed by atoms with Crippen molar-refractivity contribution in [2.75, 3.05) is 7.05 Å². The van der Waals surface area contributed by atoms with Crippen molar-refractivity contribution >= 4 is 0 Å². The van der Waals surface area contributed by atoms with Crippen LogP contribution in [0.3, 0.4) is 0 Å². The molecule has 0 aromatic heterocycles. The van der Waals surface area contributed by atoms with E-state index in [2.05, 4.69) is 36.6 Å². The van der Waals surface area contributed by atoms with E-state index >= 15 is 0 Å². The summed E-state index contributed by atoms with van der Waals surface area (Å²) in [5, 5.41) is 3.55. The number of benzene rings is 1. The maximum absolute atomic E-state index is 3.55. The summed E-state index contributed by atoms with van der Waals surface area (Å²) in [7, 11) is 2.13. The number of likely N-dealkylation sites (N-methyl/N-ethyl adjacent to an activating group) is 1. The van der Waals surface area contributed by atoms with Gasteiger partial charge in [0.1, 0.15) is 0 Å². The molecule has 0 radical (unpaired) electrons. The lowest BCUT2D eigenvalue weighted by molar-refractivity contribution is 0.418. The summed E-state index contributed by atoms with van der Waals surface area (Å²) < 4.78 is 0. The Bertz CT molecular complexity index is 391. The molecule has 2 unspecified atom stereocenters. The summed E-state index contributed by atoms with van der Waals surface area (Å²) in [6.45, 7) is 0. The van der Waals surface area contributed by atoms with Crippen molar-refractivity contribution in [2.45, 2.75) is 69.2 Å². The fourth-order valence-electron chi connectivity index (χ4n) is 3.81. The first-order valence-electron chi connectivity index (χ1n) is 8.15. The average Bonchev–Trinajstić information content (AvgIpc) is 2.62. The van der Waals surface area contributed by atoms with Crippen molar-refractivity contribution in [1.29, 1.82) is 0 Å². The smallest absolute Gasteiger partial charge is 0.0133 e. The Morgan fingerprint density at radius 3 is 2.11 bits per heavy atom. The van der Waals surface area contributed by atoms with Crippen molar-refractivity contribution < 1.29 is 0 Å². The second-order valence-electron chi connectivity index (χ2n) is 6.43. The van der Waals surface area contributed by atoms with Crippen LogP contribution in [-0.4, -0.2) is 13.1 Å². The Morgan fingerprint density at radius 1 is 0.789 bits per heavy atom. The van der Waals surface area contributed by atoms with E-state index in [-0.39, 0.29) is 0 Å². The van der Waals surface area contributed by atoms with E-state index in [1.54, 1.807) is 11.1 Å². The molecule has 0 bridgehead atoms. The molecule has 0 heterocycles. The quantitative estimate of drug-likeness (QED) is 0.781. The summed E-state index contributed by atoms with van der Waals surface area (Å²) in [6, 6.07) is 10.3. The molecule has 1 nitrogen and oxygen atoms in total. The summed E-state index contributed by atoms with van der Waals surface area (Å²) in [5.74, 6) is 1.59. The zero-order chi connectivity index (χ0) is 13.1. The molecular weight excluding hydrogens is 230 g/mol. The van der Waals surface area contributed by atoms with Gasteiger partial charge in [0.15, 0.2) is 0 Å². The Kier molecular flexibility index (Phi) is 4.22. The summed E-state index contributed by atoms with van der Waals surface area (Å²) in [5.41, 5.74) is 3.13. The summed E-state index contributed by atoms with van der Waals surface area (Å²) >= 11 is 0. The molecule has 1 N–H and O–H groups in total. The average molecular weight is 257 g/mol. The molecule has 1 aromatic carbocycles. The van der Waals surface area contributed by atoms with Gasteiger partial charge in [0, 0.05) is 6.04 Å².